The van der Waals surface area contributed by atoms with Crippen LogP contribution in [0, 0.1) is 0 Å². The average Bonchev–Trinajstić information content (AvgIpc) is 2.32. The van der Waals surface area contributed by atoms with Crippen LogP contribution in [0.4, 0.5) is 0 Å². The van der Waals surface area contributed by atoms with Gasteiger partial charge in [-0.15, -0.1) is 0 Å². The van der Waals surface area contributed by atoms with Crippen LogP contribution in [0.3, 0.4) is 0 Å². The van der Waals surface area contributed by atoms with E-state index in [2.05, 4.69) is 13.8 Å². The Balaban J connectivity index is 3.16. The number of methoxy groups -OCH3 is 1. The molecule has 104 valence electrons. The van der Waals surface area contributed by atoms with Crippen LogP contribution < -0.4 is 5.73 Å². The number of ether oxygens (including phenoxy) is 1. The lowest BCUT2D eigenvalue weighted by atomic mass is 10.0. The molecule has 0 amide bonds. The van der Waals surface area contributed by atoms with Crippen LogP contribution in [-0.4, -0.2) is 19.3 Å². The largest absolute Gasteiger partial charge is 0.382 e. The van der Waals surface area contributed by atoms with Crippen LogP contribution in [-0.2, 0) is 4.74 Å². The van der Waals surface area contributed by atoms with E-state index in [0.29, 0.717) is 12.1 Å². The average molecular weight is 243 g/mol. The first-order valence-corrected chi connectivity index (χ1v) is 7.49. The number of rotatable bonds is 12. The summed E-state index contributed by atoms with van der Waals surface area (Å²) in [6, 6.07) is 0.324. The smallest absolute Gasteiger partial charge is 0.0558 e. The third-order valence-corrected chi connectivity index (χ3v) is 3.47. The van der Waals surface area contributed by atoms with Crippen molar-refractivity contribution < 1.29 is 4.74 Å². The van der Waals surface area contributed by atoms with Crippen molar-refractivity contribution in [2.24, 2.45) is 5.73 Å². The Morgan fingerprint density at radius 3 is 2.00 bits per heavy atom. The van der Waals surface area contributed by atoms with Crippen LogP contribution >= 0.6 is 0 Å². The second kappa shape index (κ2) is 12.4. The summed E-state index contributed by atoms with van der Waals surface area (Å²) < 4.78 is 5.22. The van der Waals surface area contributed by atoms with Gasteiger partial charge in [0.2, 0.25) is 0 Å². The fraction of sp³-hybridized carbons (Fsp3) is 1.00. The van der Waals surface area contributed by atoms with E-state index in [1.807, 2.05) is 0 Å². The summed E-state index contributed by atoms with van der Waals surface area (Å²) in [5.41, 5.74) is 6.05. The summed E-state index contributed by atoms with van der Waals surface area (Å²) in [5, 5.41) is 0. The van der Waals surface area contributed by atoms with Gasteiger partial charge in [-0.25, -0.2) is 0 Å². The minimum atomic E-state index is 0.305. The molecule has 0 aromatic carbocycles. The van der Waals surface area contributed by atoms with Crippen molar-refractivity contribution in [2.45, 2.75) is 90.2 Å². The number of unbranched alkanes of at least 4 members (excludes halogenated alkanes) is 7. The van der Waals surface area contributed by atoms with Gasteiger partial charge >= 0.3 is 0 Å². The van der Waals surface area contributed by atoms with E-state index in [9.17, 15) is 0 Å². The molecule has 2 unspecified atom stereocenters. The van der Waals surface area contributed by atoms with Crippen LogP contribution in [0.5, 0.6) is 0 Å². The topological polar surface area (TPSA) is 35.2 Å². The van der Waals surface area contributed by atoms with E-state index in [-0.39, 0.29) is 0 Å². The van der Waals surface area contributed by atoms with E-state index in [1.54, 1.807) is 7.11 Å². The summed E-state index contributed by atoms with van der Waals surface area (Å²) in [4.78, 5) is 0. The third kappa shape index (κ3) is 12.2. The molecule has 0 aromatic rings. The molecule has 0 radical (unpaired) electrons. The summed E-state index contributed by atoms with van der Waals surface area (Å²) >= 11 is 0. The van der Waals surface area contributed by atoms with E-state index >= 15 is 0 Å². The lowest BCUT2D eigenvalue weighted by Gasteiger charge is -2.15. The predicted octanol–water partition coefficient (Wildman–Crippen LogP) is 4.27. The van der Waals surface area contributed by atoms with E-state index in [4.69, 9.17) is 10.5 Å². The van der Waals surface area contributed by atoms with Gasteiger partial charge in [0.1, 0.15) is 0 Å². The van der Waals surface area contributed by atoms with Crippen molar-refractivity contribution in [2.75, 3.05) is 7.11 Å². The highest BCUT2D eigenvalue weighted by Gasteiger charge is 2.07. The third-order valence-electron chi connectivity index (χ3n) is 3.47. The SMILES string of the molecule is CCCCCCCCCCC(N)CC(C)OC. The second-order valence-corrected chi connectivity index (χ2v) is 5.31. The van der Waals surface area contributed by atoms with Gasteiger partial charge in [-0.05, 0) is 19.8 Å². The zero-order valence-corrected chi connectivity index (χ0v) is 12.2. The molecule has 0 aliphatic heterocycles. The maximum absolute atomic E-state index is 6.05. The lowest BCUT2D eigenvalue weighted by Crippen LogP contribution is -2.25. The Morgan fingerprint density at radius 1 is 0.941 bits per heavy atom. The van der Waals surface area contributed by atoms with E-state index in [0.717, 1.165) is 12.8 Å². The van der Waals surface area contributed by atoms with Gasteiger partial charge in [-0.3, -0.25) is 0 Å². The fourth-order valence-corrected chi connectivity index (χ4v) is 2.18. The molecule has 0 saturated heterocycles. The zero-order chi connectivity index (χ0) is 12.9. The van der Waals surface area contributed by atoms with E-state index < -0.39 is 0 Å². The Hall–Kier alpha value is -0.0800. The van der Waals surface area contributed by atoms with Gasteiger partial charge in [-0.1, -0.05) is 58.3 Å². The first-order valence-electron chi connectivity index (χ1n) is 7.49. The first kappa shape index (κ1) is 16.9. The van der Waals surface area contributed by atoms with Crippen molar-refractivity contribution in [1.29, 1.82) is 0 Å². The molecule has 0 rings (SSSR count). The van der Waals surface area contributed by atoms with Gasteiger partial charge in [0.15, 0.2) is 0 Å². The highest BCUT2D eigenvalue weighted by atomic mass is 16.5. The quantitative estimate of drug-likeness (QED) is 0.520. The number of nitrogens with two attached hydrogens (primary N) is 1. The van der Waals surface area contributed by atoms with Gasteiger partial charge < -0.3 is 10.5 Å². The second-order valence-electron chi connectivity index (χ2n) is 5.31. The molecular formula is C15H33NO. The molecule has 0 heterocycles. The van der Waals surface area contributed by atoms with E-state index in [1.165, 1.54) is 51.4 Å². The van der Waals surface area contributed by atoms with Crippen LogP contribution in [0.25, 0.3) is 0 Å². The molecule has 17 heavy (non-hydrogen) atoms. The number of hydrogen-bond acceptors (Lipinski definition) is 2. The fourth-order valence-electron chi connectivity index (χ4n) is 2.18. The molecule has 0 bridgehead atoms. The Kier molecular flexibility index (Phi) is 12.3. The molecule has 2 heteroatoms. The zero-order valence-electron chi connectivity index (χ0n) is 12.2. The Morgan fingerprint density at radius 2 is 1.47 bits per heavy atom. The van der Waals surface area contributed by atoms with Crippen molar-refractivity contribution in [3.05, 3.63) is 0 Å². The van der Waals surface area contributed by atoms with Crippen LogP contribution in [0.1, 0.15) is 78.1 Å². The predicted molar refractivity (Wildman–Crippen MR) is 76.3 cm³/mol. The van der Waals surface area contributed by atoms with Crippen molar-refractivity contribution in [1.82, 2.24) is 0 Å². The molecule has 2 N–H and O–H groups in total. The monoisotopic (exact) mass is 243 g/mol. The molecule has 2 nitrogen and oxygen atoms in total. The lowest BCUT2D eigenvalue weighted by molar-refractivity contribution is 0.103. The van der Waals surface area contributed by atoms with Gasteiger partial charge in [0.25, 0.3) is 0 Å². The van der Waals surface area contributed by atoms with Crippen LogP contribution in [0.15, 0.2) is 0 Å². The highest BCUT2D eigenvalue weighted by molar-refractivity contribution is 4.65. The maximum atomic E-state index is 6.05. The molecule has 0 fully saturated rings. The Labute approximate surface area is 108 Å². The minimum absolute atomic E-state index is 0.305. The minimum Gasteiger partial charge on any atom is -0.382 e. The molecule has 0 aliphatic carbocycles. The molecule has 0 spiro atoms. The molecule has 0 aliphatic rings. The molecule has 2 atom stereocenters. The van der Waals surface area contributed by atoms with Crippen molar-refractivity contribution in [3.63, 3.8) is 0 Å². The van der Waals surface area contributed by atoms with Gasteiger partial charge in [0.05, 0.1) is 6.10 Å². The summed E-state index contributed by atoms with van der Waals surface area (Å²) in [6.07, 6.45) is 13.5. The highest BCUT2D eigenvalue weighted by Crippen LogP contribution is 2.12. The van der Waals surface area contributed by atoms with Crippen molar-refractivity contribution >= 4 is 0 Å². The molecular weight excluding hydrogens is 210 g/mol. The molecule has 0 saturated carbocycles. The van der Waals surface area contributed by atoms with Gasteiger partial charge in [-0.2, -0.15) is 0 Å². The summed E-state index contributed by atoms with van der Waals surface area (Å²) in [5.74, 6) is 0. The molecule has 0 aromatic heterocycles. The maximum Gasteiger partial charge on any atom is 0.0558 e. The van der Waals surface area contributed by atoms with Gasteiger partial charge in [0, 0.05) is 13.2 Å². The first-order chi connectivity index (χ1) is 8.20. The summed E-state index contributed by atoms with van der Waals surface area (Å²) in [7, 11) is 1.76. The number of hydrogen-bond donors (Lipinski definition) is 1. The summed E-state index contributed by atoms with van der Waals surface area (Å²) in [6.45, 7) is 4.36. The van der Waals surface area contributed by atoms with Crippen molar-refractivity contribution in [3.8, 4) is 0 Å². The standard InChI is InChI=1S/C15H33NO/c1-4-5-6-7-8-9-10-11-12-15(16)13-14(2)17-3/h14-15H,4-13,16H2,1-3H3. The van der Waals surface area contributed by atoms with Crippen LogP contribution in [0.2, 0.25) is 0 Å². The normalized spacial score (nSPS) is 14.8. The Bertz CT molecular complexity index is 150.